The van der Waals surface area contributed by atoms with Gasteiger partial charge in [0.05, 0.1) is 11.1 Å². The molecule has 0 bridgehead atoms. The van der Waals surface area contributed by atoms with Crippen LogP contribution in [0, 0.1) is 5.82 Å². The van der Waals surface area contributed by atoms with Gasteiger partial charge >= 0.3 is 6.18 Å². The second-order valence-corrected chi connectivity index (χ2v) is 6.16. The molecule has 5 nitrogen and oxygen atoms in total. The minimum Gasteiger partial charge on any atom is -0.354 e. The topological polar surface area (TPSA) is 75.4 Å². The van der Waals surface area contributed by atoms with Gasteiger partial charge < -0.3 is 16.0 Å². The van der Waals surface area contributed by atoms with E-state index in [-0.39, 0.29) is 37.8 Å². The Morgan fingerprint density at radius 2 is 1.96 bits per heavy atom. The molecular formula is C17H22ClF4N3O2. The van der Waals surface area contributed by atoms with E-state index < -0.39 is 35.1 Å². The lowest BCUT2D eigenvalue weighted by atomic mass is 9.99. The molecular weight excluding hydrogens is 390 g/mol. The number of hydrogen-bond donors (Lipinski definition) is 2. The molecule has 152 valence electrons. The lowest BCUT2D eigenvalue weighted by molar-refractivity contribution is -0.140. The molecule has 0 aromatic heterocycles. The van der Waals surface area contributed by atoms with Crippen LogP contribution in [0.1, 0.15) is 41.6 Å². The van der Waals surface area contributed by atoms with Crippen molar-refractivity contribution < 1.29 is 27.2 Å². The largest absolute Gasteiger partial charge is 0.419 e. The number of carbonyl (C=O) groups excluding carboxylic acids is 2. The van der Waals surface area contributed by atoms with E-state index in [1.54, 1.807) is 0 Å². The molecule has 0 saturated carbocycles. The Balaban J connectivity index is 0.00000364. The van der Waals surface area contributed by atoms with Crippen molar-refractivity contribution in [2.75, 3.05) is 19.6 Å². The summed E-state index contributed by atoms with van der Waals surface area (Å²) in [6.45, 7) is 0.645. The minimum atomic E-state index is -4.88. The highest BCUT2D eigenvalue weighted by molar-refractivity contribution is 5.95. The third-order valence-electron chi connectivity index (χ3n) is 4.33. The van der Waals surface area contributed by atoms with E-state index in [1.165, 1.54) is 4.90 Å². The molecule has 0 aliphatic carbocycles. The van der Waals surface area contributed by atoms with Crippen molar-refractivity contribution in [2.24, 2.45) is 5.73 Å². The summed E-state index contributed by atoms with van der Waals surface area (Å²) >= 11 is 0. The Hall–Kier alpha value is -1.87. The van der Waals surface area contributed by atoms with Crippen LogP contribution in [0.2, 0.25) is 0 Å². The van der Waals surface area contributed by atoms with Gasteiger partial charge in [0.15, 0.2) is 0 Å². The minimum absolute atomic E-state index is 0. The number of amides is 2. The smallest absolute Gasteiger partial charge is 0.354 e. The van der Waals surface area contributed by atoms with Crippen LogP contribution in [0.4, 0.5) is 17.6 Å². The molecule has 10 heteroatoms. The van der Waals surface area contributed by atoms with E-state index in [0.717, 1.165) is 18.6 Å². The number of rotatable bonds is 5. The average Bonchev–Trinajstić information content (AvgIpc) is 2.59. The summed E-state index contributed by atoms with van der Waals surface area (Å²) in [5, 5.41) is 2.65. The number of alkyl halides is 3. The number of piperidine rings is 1. The van der Waals surface area contributed by atoms with E-state index in [2.05, 4.69) is 5.32 Å². The Morgan fingerprint density at radius 1 is 1.26 bits per heavy atom. The van der Waals surface area contributed by atoms with Crippen molar-refractivity contribution in [2.45, 2.75) is 37.9 Å². The van der Waals surface area contributed by atoms with Gasteiger partial charge in [-0.2, -0.15) is 13.2 Å². The highest BCUT2D eigenvalue weighted by atomic mass is 35.5. The quantitative estimate of drug-likeness (QED) is 0.731. The molecule has 0 radical (unpaired) electrons. The molecule has 1 aliphatic rings. The summed E-state index contributed by atoms with van der Waals surface area (Å²) < 4.78 is 52.9. The predicted octanol–water partition coefficient (Wildman–Crippen LogP) is 2.73. The first-order valence-corrected chi connectivity index (χ1v) is 8.39. The van der Waals surface area contributed by atoms with Gasteiger partial charge in [0.2, 0.25) is 5.91 Å². The monoisotopic (exact) mass is 411 g/mol. The maximum atomic E-state index is 14.3. The predicted molar refractivity (Wildman–Crippen MR) is 94.0 cm³/mol. The molecule has 1 aromatic carbocycles. The van der Waals surface area contributed by atoms with Gasteiger partial charge in [-0.15, -0.1) is 12.4 Å². The first kappa shape index (κ1) is 23.2. The van der Waals surface area contributed by atoms with E-state index >= 15 is 0 Å². The summed E-state index contributed by atoms with van der Waals surface area (Å²) in [4.78, 5) is 25.6. The van der Waals surface area contributed by atoms with Crippen molar-refractivity contribution in [1.82, 2.24) is 10.2 Å². The maximum absolute atomic E-state index is 14.3. The third-order valence-corrected chi connectivity index (χ3v) is 4.33. The summed E-state index contributed by atoms with van der Waals surface area (Å²) in [7, 11) is 0. The van der Waals surface area contributed by atoms with Gasteiger partial charge in [0.25, 0.3) is 5.91 Å². The van der Waals surface area contributed by atoms with Crippen LogP contribution in [0.3, 0.4) is 0 Å². The fourth-order valence-corrected chi connectivity index (χ4v) is 3.00. The number of nitrogens with one attached hydrogen (secondary N) is 1. The van der Waals surface area contributed by atoms with Gasteiger partial charge in [-0.1, -0.05) is 6.07 Å². The molecule has 2 amide bonds. The maximum Gasteiger partial charge on any atom is 0.419 e. The molecule has 1 heterocycles. The lowest BCUT2D eigenvalue weighted by Crippen LogP contribution is -2.49. The first-order chi connectivity index (χ1) is 12.3. The lowest BCUT2D eigenvalue weighted by Gasteiger charge is -2.36. The fourth-order valence-electron chi connectivity index (χ4n) is 3.00. The number of likely N-dealkylation sites (tertiary alicyclic amines) is 1. The molecule has 27 heavy (non-hydrogen) atoms. The highest BCUT2D eigenvalue weighted by Gasteiger charge is 2.37. The zero-order valence-electron chi connectivity index (χ0n) is 14.5. The summed E-state index contributed by atoms with van der Waals surface area (Å²) in [6, 6.07) is 2.27. The molecule has 1 aromatic rings. The van der Waals surface area contributed by atoms with Crippen LogP contribution in [0.5, 0.6) is 0 Å². The Labute approximate surface area is 160 Å². The summed E-state index contributed by atoms with van der Waals surface area (Å²) in [6.07, 6.45) is -2.68. The number of carbonyl (C=O) groups is 2. The number of nitrogens with zero attached hydrogens (tertiary/aromatic N) is 1. The van der Waals surface area contributed by atoms with Gasteiger partial charge in [0.1, 0.15) is 5.82 Å². The van der Waals surface area contributed by atoms with Crippen molar-refractivity contribution >= 4 is 24.2 Å². The van der Waals surface area contributed by atoms with E-state index in [4.69, 9.17) is 5.73 Å². The zero-order chi connectivity index (χ0) is 19.3. The number of halogens is 5. The van der Waals surface area contributed by atoms with Gasteiger partial charge in [-0.3, -0.25) is 9.59 Å². The SMILES string of the molecule is Cl.NCCC(=O)NCC1CCCCN1C(=O)c1cccc(C(F)(F)F)c1F. The van der Waals surface area contributed by atoms with Crippen molar-refractivity contribution in [3.8, 4) is 0 Å². The van der Waals surface area contributed by atoms with Crippen LogP contribution < -0.4 is 11.1 Å². The standard InChI is InChI=1S/C17H21F4N3O2.ClH/c18-15-12(5-3-6-13(15)17(19,20)21)16(26)24-9-2-1-4-11(24)10-23-14(25)7-8-22;/h3,5-6,11H,1-2,4,7-10,22H2,(H,23,25);1H. The van der Waals surface area contributed by atoms with E-state index in [0.29, 0.717) is 25.5 Å². The van der Waals surface area contributed by atoms with E-state index in [9.17, 15) is 27.2 Å². The molecule has 1 aliphatic heterocycles. The molecule has 3 N–H and O–H groups in total. The normalized spacial score (nSPS) is 17.2. The van der Waals surface area contributed by atoms with Gasteiger partial charge in [0, 0.05) is 32.1 Å². The molecule has 1 fully saturated rings. The van der Waals surface area contributed by atoms with Crippen molar-refractivity contribution in [3.63, 3.8) is 0 Å². The fraction of sp³-hybridized carbons (Fsp3) is 0.529. The average molecular weight is 412 g/mol. The van der Waals surface area contributed by atoms with Crippen LogP contribution in [0.15, 0.2) is 18.2 Å². The van der Waals surface area contributed by atoms with Crippen LogP contribution >= 0.6 is 12.4 Å². The van der Waals surface area contributed by atoms with Crippen LogP contribution in [0.25, 0.3) is 0 Å². The molecule has 1 atom stereocenters. The highest BCUT2D eigenvalue weighted by Crippen LogP contribution is 2.33. The van der Waals surface area contributed by atoms with Crippen LogP contribution in [-0.2, 0) is 11.0 Å². The Kier molecular flexibility index (Phi) is 8.49. The molecule has 0 spiro atoms. The zero-order valence-corrected chi connectivity index (χ0v) is 15.3. The summed E-state index contributed by atoms with van der Waals surface area (Å²) in [5.41, 5.74) is 3.22. The third kappa shape index (κ3) is 5.80. The van der Waals surface area contributed by atoms with Crippen LogP contribution in [-0.4, -0.2) is 42.4 Å². The van der Waals surface area contributed by atoms with Crippen molar-refractivity contribution in [3.05, 3.63) is 35.1 Å². The Bertz CT molecular complexity index is 670. The van der Waals surface area contributed by atoms with Gasteiger partial charge in [-0.25, -0.2) is 4.39 Å². The summed E-state index contributed by atoms with van der Waals surface area (Å²) in [5.74, 6) is -2.64. The second kappa shape index (κ2) is 9.89. The molecule has 1 unspecified atom stereocenters. The Morgan fingerprint density at radius 3 is 2.59 bits per heavy atom. The van der Waals surface area contributed by atoms with Crippen molar-refractivity contribution in [1.29, 1.82) is 0 Å². The number of nitrogens with two attached hydrogens (primary N) is 1. The first-order valence-electron chi connectivity index (χ1n) is 8.39. The second-order valence-electron chi connectivity index (χ2n) is 6.16. The number of hydrogen-bond acceptors (Lipinski definition) is 3. The molecule has 2 rings (SSSR count). The number of benzene rings is 1. The van der Waals surface area contributed by atoms with E-state index in [1.807, 2.05) is 0 Å². The van der Waals surface area contributed by atoms with Gasteiger partial charge in [-0.05, 0) is 31.4 Å². The molecule has 1 saturated heterocycles.